The van der Waals surface area contributed by atoms with Crippen molar-refractivity contribution in [2.24, 2.45) is 0 Å². The minimum absolute atomic E-state index is 0.436. The van der Waals surface area contributed by atoms with Crippen molar-refractivity contribution in [1.29, 1.82) is 10.5 Å². The van der Waals surface area contributed by atoms with Crippen molar-refractivity contribution in [1.82, 2.24) is 29.5 Å². The van der Waals surface area contributed by atoms with Crippen LogP contribution in [0.1, 0.15) is 11.1 Å². The third kappa shape index (κ3) is 7.34. The summed E-state index contributed by atoms with van der Waals surface area (Å²) in [7, 11) is 0. The predicted octanol–water partition coefficient (Wildman–Crippen LogP) is 13.2. The monoisotopic (exact) mass is 830 g/mol. The summed E-state index contributed by atoms with van der Waals surface area (Å²) in [4.78, 5) is 25.7. The Bertz CT molecular complexity index is 3520. The van der Waals surface area contributed by atoms with Gasteiger partial charge in [0.1, 0.15) is 0 Å². The molecule has 0 radical (unpaired) electrons. The minimum atomic E-state index is 0.436. The highest BCUT2D eigenvalue weighted by atomic mass is 15.0. The first-order chi connectivity index (χ1) is 32.1. The summed E-state index contributed by atoms with van der Waals surface area (Å²) in [5.41, 5.74) is 12.2. The Hall–Kier alpha value is -9.37. The lowest BCUT2D eigenvalue weighted by molar-refractivity contribution is 1.07. The van der Waals surface area contributed by atoms with E-state index in [1.807, 2.05) is 127 Å². The van der Waals surface area contributed by atoms with Crippen LogP contribution in [0, 0.1) is 22.7 Å². The summed E-state index contributed by atoms with van der Waals surface area (Å²) < 4.78 is 2.28. The van der Waals surface area contributed by atoms with E-state index in [-0.39, 0.29) is 0 Å². The minimum Gasteiger partial charge on any atom is -0.309 e. The lowest BCUT2D eigenvalue weighted by atomic mass is 9.99. The number of rotatable bonds is 8. The maximum absolute atomic E-state index is 9.80. The second-order valence-corrected chi connectivity index (χ2v) is 15.6. The van der Waals surface area contributed by atoms with Crippen LogP contribution in [0.5, 0.6) is 0 Å². The van der Waals surface area contributed by atoms with Crippen LogP contribution in [0.15, 0.2) is 206 Å². The molecule has 0 spiro atoms. The van der Waals surface area contributed by atoms with Crippen molar-refractivity contribution in [3.8, 4) is 97.0 Å². The van der Waals surface area contributed by atoms with Gasteiger partial charge in [-0.1, -0.05) is 146 Å². The SMILES string of the molecule is N#Cc1cc(C#N)cc(-c2ccc3c(c2)c2ccccc2n3-c2ccc(-c3nc(-c4ccccc4)nc(-c4ccccc4)n3)cc2-c2cc(-c3ccccc3)nc(-c3ccccc3)n2)c1. The normalized spacial score (nSPS) is 11.0. The third-order valence-corrected chi connectivity index (χ3v) is 11.5. The molecule has 0 fully saturated rings. The van der Waals surface area contributed by atoms with Crippen molar-refractivity contribution in [2.45, 2.75) is 0 Å². The van der Waals surface area contributed by atoms with Gasteiger partial charge in [0.2, 0.25) is 0 Å². The second-order valence-electron chi connectivity index (χ2n) is 15.6. The average molecular weight is 831 g/mol. The predicted molar refractivity (Wildman–Crippen MR) is 257 cm³/mol. The van der Waals surface area contributed by atoms with Crippen LogP contribution < -0.4 is 0 Å². The Morgan fingerprint density at radius 2 is 0.800 bits per heavy atom. The molecule has 0 saturated carbocycles. The molecular weight excluding hydrogens is 797 g/mol. The van der Waals surface area contributed by atoms with Crippen LogP contribution in [0.25, 0.3) is 107 Å². The number of aromatic nitrogens is 6. The van der Waals surface area contributed by atoms with E-state index >= 15 is 0 Å². The molecule has 0 atom stereocenters. The molecule has 8 aromatic carbocycles. The molecule has 0 aliphatic rings. The van der Waals surface area contributed by atoms with Gasteiger partial charge in [0.05, 0.1) is 51.4 Å². The second kappa shape index (κ2) is 16.5. The Morgan fingerprint density at radius 1 is 0.323 bits per heavy atom. The quantitative estimate of drug-likeness (QED) is 0.150. The van der Waals surface area contributed by atoms with Gasteiger partial charge in [-0.3, -0.25) is 0 Å². The largest absolute Gasteiger partial charge is 0.309 e. The van der Waals surface area contributed by atoms with Crippen molar-refractivity contribution in [3.05, 3.63) is 217 Å². The average Bonchev–Trinajstić information content (AvgIpc) is 3.72. The summed E-state index contributed by atoms with van der Waals surface area (Å²) in [6.07, 6.45) is 0. The van der Waals surface area contributed by atoms with E-state index in [0.29, 0.717) is 34.4 Å². The number of benzene rings is 8. The van der Waals surface area contributed by atoms with Crippen molar-refractivity contribution in [3.63, 3.8) is 0 Å². The standard InChI is InChI=1S/C57H34N8/c58-35-37-29-38(36-59)31-45(30-37)43-25-27-52-47(32-43)46-23-13-14-24-51(46)65(52)53-28-26-44(57-63-55(41-19-9-3-10-20-41)62-56(64-57)42-21-11-4-12-22-42)33-48(53)50-34-49(39-15-5-1-6-16-39)60-54(61-50)40-17-7-2-8-18-40/h1-34H. The summed E-state index contributed by atoms with van der Waals surface area (Å²) in [5, 5.41) is 21.7. The lowest BCUT2D eigenvalue weighted by Crippen LogP contribution is -2.03. The van der Waals surface area contributed by atoms with E-state index in [4.69, 9.17) is 24.9 Å². The zero-order valence-corrected chi connectivity index (χ0v) is 34.7. The van der Waals surface area contributed by atoms with Gasteiger partial charge in [0.15, 0.2) is 23.3 Å². The topological polar surface area (TPSA) is 117 Å². The van der Waals surface area contributed by atoms with Gasteiger partial charge in [0, 0.05) is 44.2 Å². The van der Waals surface area contributed by atoms with Crippen LogP contribution in [0.4, 0.5) is 0 Å². The molecule has 3 aromatic heterocycles. The molecule has 0 bridgehead atoms. The van der Waals surface area contributed by atoms with Crippen molar-refractivity contribution < 1.29 is 0 Å². The number of para-hydroxylation sites is 1. The summed E-state index contributed by atoms with van der Waals surface area (Å²) in [5.74, 6) is 2.26. The zero-order chi connectivity index (χ0) is 43.7. The van der Waals surface area contributed by atoms with E-state index in [2.05, 4.69) is 89.5 Å². The van der Waals surface area contributed by atoms with Crippen molar-refractivity contribution in [2.75, 3.05) is 0 Å². The molecule has 11 aromatic rings. The summed E-state index contributed by atoms with van der Waals surface area (Å²) >= 11 is 0. The third-order valence-electron chi connectivity index (χ3n) is 11.5. The maximum Gasteiger partial charge on any atom is 0.164 e. The van der Waals surface area contributed by atoms with Gasteiger partial charge < -0.3 is 4.57 Å². The molecule has 3 heterocycles. The highest BCUT2D eigenvalue weighted by molar-refractivity contribution is 6.11. The van der Waals surface area contributed by atoms with E-state index in [0.717, 1.165) is 83.4 Å². The number of hydrogen-bond acceptors (Lipinski definition) is 7. The molecule has 65 heavy (non-hydrogen) atoms. The summed E-state index contributed by atoms with van der Waals surface area (Å²) in [6.45, 7) is 0. The number of nitriles is 2. The molecule has 11 rings (SSSR count). The highest BCUT2D eigenvalue weighted by Gasteiger charge is 2.21. The number of nitrogens with zero attached hydrogens (tertiary/aromatic N) is 8. The van der Waals surface area contributed by atoms with Gasteiger partial charge in [-0.15, -0.1) is 0 Å². The molecule has 0 unspecified atom stereocenters. The zero-order valence-electron chi connectivity index (χ0n) is 34.7. The molecule has 8 heteroatoms. The van der Waals surface area contributed by atoms with Crippen LogP contribution in [0.2, 0.25) is 0 Å². The molecule has 302 valence electrons. The Kier molecular flexibility index (Phi) is 9.78. The Balaban J connectivity index is 1.19. The van der Waals surface area contributed by atoms with Gasteiger partial charge in [-0.25, -0.2) is 24.9 Å². The van der Waals surface area contributed by atoms with Crippen LogP contribution >= 0.6 is 0 Å². The Morgan fingerprint density at radius 3 is 1.38 bits per heavy atom. The van der Waals surface area contributed by atoms with Crippen molar-refractivity contribution >= 4 is 21.8 Å². The van der Waals surface area contributed by atoms with Gasteiger partial charge >= 0.3 is 0 Å². The number of fused-ring (bicyclic) bond motifs is 3. The molecule has 0 N–H and O–H groups in total. The maximum atomic E-state index is 9.80. The fourth-order valence-corrected chi connectivity index (χ4v) is 8.41. The molecule has 0 amide bonds. The van der Waals surface area contributed by atoms with E-state index in [1.54, 1.807) is 6.07 Å². The molecule has 0 aliphatic carbocycles. The molecular formula is C57H34N8. The first-order valence-electron chi connectivity index (χ1n) is 21.1. The molecule has 8 nitrogen and oxygen atoms in total. The van der Waals surface area contributed by atoms with Crippen LogP contribution in [0.3, 0.4) is 0 Å². The van der Waals surface area contributed by atoms with Gasteiger partial charge in [-0.05, 0) is 71.8 Å². The van der Waals surface area contributed by atoms with Gasteiger partial charge in [-0.2, -0.15) is 10.5 Å². The molecule has 0 aliphatic heterocycles. The number of hydrogen-bond donors (Lipinski definition) is 0. The summed E-state index contributed by atoms with van der Waals surface area (Å²) in [6, 6.07) is 72.9. The van der Waals surface area contributed by atoms with E-state index < -0.39 is 0 Å². The molecule has 0 saturated heterocycles. The highest BCUT2D eigenvalue weighted by Crippen LogP contribution is 2.40. The van der Waals surface area contributed by atoms with E-state index in [1.165, 1.54) is 0 Å². The first-order valence-corrected chi connectivity index (χ1v) is 21.1. The van der Waals surface area contributed by atoms with Crippen LogP contribution in [-0.2, 0) is 0 Å². The fraction of sp³-hybridized carbons (Fsp3) is 0. The van der Waals surface area contributed by atoms with E-state index in [9.17, 15) is 10.5 Å². The van der Waals surface area contributed by atoms with Gasteiger partial charge in [0.25, 0.3) is 0 Å². The first kappa shape index (κ1) is 38.5. The fourth-order valence-electron chi connectivity index (χ4n) is 8.41. The van der Waals surface area contributed by atoms with Crippen LogP contribution in [-0.4, -0.2) is 29.5 Å². The Labute approximate surface area is 374 Å². The lowest BCUT2D eigenvalue weighted by Gasteiger charge is -2.17. The smallest absolute Gasteiger partial charge is 0.164 e.